The Bertz CT molecular complexity index is 3070. The Morgan fingerprint density at radius 3 is 1.93 bits per heavy atom. The Morgan fingerprint density at radius 1 is 0.812 bits per heavy atom. The summed E-state index contributed by atoms with van der Waals surface area (Å²) >= 11 is 1.36. The number of hydrogen-bond donors (Lipinski definition) is 4. The minimum atomic E-state index is -5.02. The molecule has 22 heteroatoms. The maximum atomic E-state index is 16.1. The fraction of sp³-hybridized carbons (Fsp3) is 0.298. The van der Waals surface area contributed by atoms with E-state index in [4.69, 9.17) is 34.8 Å². The monoisotopic (exact) mass is 999 g/mol. The lowest BCUT2D eigenvalue weighted by Crippen LogP contribution is -2.47. The van der Waals surface area contributed by atoms with Crippen LogP contribution in [0, 0.1) is 0 Å². The molecule has 0 saturated heterocycles. The maximum Gasteiger partial charge on any atom is 0.407 e. The summed E-state index contributed by atoms with van der Waals surface area (Å²) in [5.41, 5.74) is 7.97. The standard InChI is InChI=1S/C47H53N9O10S3/c1-47(2,3)66-46(58)49-25-33(29-57)53-68(59,60)40-23-22-37(38-8-7-9-39-43(38)50-41(24-48)67-39)42(45-51-54-56(52-45)28-32-14-20-36(65-6)21-15-32)44(40)69(61,62)55(26-30-10-16-34(63-4)17-11-30)27-31-12-18-35(64-5)19-13-31/h7-23,33,53,57H,24-29,48H2,1-6H3,(H,49,58). The Labute approximate surface area is 404 Å². The van der Waals surface area contributed by atoms with E-state index < -0.39 is 60.7 Å². The molecular weight excluding hydrogens is 947 g/mol. The number of para-hydroxylation sites is 1. The Hall–Kier alpha value is -6.53. The molecule has 19 nitrogen and oxygen atoms in total. The fourth-order valence-electron chi connectivity index (χ4n) is 7.25. The first-order valence-electron chi connectivity index (χ1n) is 21.5. The molecule has 1 unspecified atom stereocenters. The number of nitrogens with two attached hydrogens (primary N) is 1. The van der Waals surface area contributed by atoms with Gasteiger partial charge in [0.1, 0.15) is 37.6 Å². The average Bonchev–Trinajstić information content (AvgIpc) is 3.99. The number of aromatic nitrogens is 5. The first-order valence-corrected chi connectivity index (χ1v) is 25.2. The number of nitrogens with zero attached hydrogens (tertiary/aromatic N) is 6. The van der Waals surface area contributed by atoms with Gasteiger partial charge in [-0.3, -0.25) is 0 Å². The predicted octanol–water partition coefficient (Wildman–Crippen LogP) is 5.70. The van der Waals surface area contributed by atoms with Gasteiger partial charge >= 0.3 is 6.09 Å². The van der Waals surface area contributed by atoms with Crippen molar-refractivity contribution < 1.29 is 45.7 Å². The van der Waals surface area contributed by atoms with Crippen LogP contribution < -0.4 is 30.0 Å². The van der Waals surface area contributed by atoms with Crippen LogP contribution in [0.4, 0.5) is 4.79 Å². The third-order valence-electron chi connectivity index (χ3n) is 10.6. The van der Waals surface area contributed by atoms with Gasteiger partial charge in [-0.1, -0.05) is 54.6 Å². The summed E-state index contributed by atoms with van der Waals surface area (Å²) in [5, 5.41) is 27.0. The smallest absolute Gasteiger partial charge is 0.407 e. The van der Waals surface area contributed by atoms with E-state index in [1.807, 2.05) is 18.2 Å². The SMILES string of the molecule is COc1ccc(CN(Cc2ccc(OC)cc2)S(=O)(=O)c2c(S(=O)(=O)NC(CO)CNC(=O)OC(C)(C)C)ccc(-c3cccc4sc(CN)nc34)c2-c2nnn(Cc3ccc(OC)cc3)n2)cc1. The molecule has 0 saturated carbocycles. The topological polar surface area (TPSA) is 252 Å². The predicted molar refractivity (Wildman–Crippen MR) is 260 cm³/mol. The van der Waals surface area contributed by atoms with Crippen LogP contribution in [0.2, 0.25) is 0 Å². The van der Waals surface area contributed by atoms with Crippen molar-refractivity contribution in [2.24, 2.45) is 5.73 Å². The van der Waals surface area contributed by atoms with Gasteiger partial charge in [0.15, 0.2) is 0 Å². The molecule has 0 aliphatic rings. The van der Waals surface area contributed by atoms with Gasteiger partial charge in [-0.15, -0.1) is 21.5 Å². The van der Waals surface area contributed by atoms with Gasteiger partial charge in [0.25, 0.3) is 0 Å². The van der Waals surface area contributed by atoms with Crippen LogP contribution in [0.1, 0.15) is 42.5 Å². The van der Waals surface area contributed by atoms with Crippen molar-refractivity contribution in [2.75, 3.05) is 34.5 Å². The highest BCUT2D eigenvalue weighted by atomic mass is 32.2. The Kier molecular flexibility index (Phi) is 15.6. The largest absolute Gasteiger partial charge is 0.497 e. The van der Waals surface area contributed by atoms with Crippen molar-refractivity contribution in [3.8, 4) is 39.8 Å². The van der Waals surface area contributed by atoms with E-state index in [2.05, 4.69) is 20.4 Å². The van der Waals surface area contributed by atoms with E-state index in [9.17, 15) is 9.90 Å². The van der Waals surface area contributed by atoms with Crippen LogP contribution in [0.3, 0.4) is 0 Å². The number of alkyl carbamates (subject to hydrolysis) is 1. The van der Waals surface area contributed by atoms with Crippen LogP contribution in [-0.4, -0.2) is 104 Å². The lowest BCUT2D eigenvalue weighted by atomic mass is 9.98. The van der Waals surface area contributed by atoms with Crippen molar-refractivity contribution >= 4 is 47.7 Å². The summed E-state index contributed by atoms with van der Waals surface area (Å²) in [7, 11) is -5.39. The first kappa shape index (κ1) is 50.3. The molecule has 0 spiro atoms. The summed E-state index contributed by atoms with van der Waals surface area (Å²) < 4.78 is 88.1. The second-order valence-electron chi connectivity index (χ2n) is 16.6. The normalized spacial score (nSPS) is 12.5. The van der Waals surface area contributed by atoms with E-state index in [0.717, 1.165) is 14.6 Å². The van der Waals surface area contributed by atoms with E-state index in [-0.39, 0.29) is 43.1 Å². The number of hydrogen-bond acceptors (Lipinski definition) is 16. The minimum Gasteiger partial charge on any atom is -0.497 e. The van der Waals surface area contributed by atoms with E-state index in [1.165, 1.54) is 42.5 Å². The number of aliphatic hydroxyl groups is 1. The number of benzene rings is 5. The van der Waals surface area contributed by atoms with Crippen LogP contribution in [0.5, 0.6) is 17.2 Å². The fourth-order valence-corrected chi connectivity index (χ4v) is 11.8. The van der Waals surface area contributed by atoms with Crippen molar-refractivity contribution in [1.29, 1.82) is 0 Å². The van der Waals surface area contributed by atoms with Crippen molar-refractivity contribution in [2.45, 2.75) is 68.4 Å². The second-order valence-corrected chi connectivity index (χ2v) is 21.3. The zero-order valence-corrected chi connectivity index (χ0v) is 41.2. The van der Waals surface area contributed by atoms with Gasteiger partial charge in [0, 0.05) is 31.7 Å². The van der Waals surface area contributed by atoms with Crippen LogP contribution in [0.15, 0.2) is 113 Å². The Balaban J connectivity index is 1.49. The molecule has 0 bridgehead atoms. The summed E-state index contributed by atoms with van der Waals surface area (Å²) in [6.45, 7) is 3.51. The molecule has 0 aliphatic carbocycles. The van der Waals surface area contributed by atoms with E-state index in [0.29, 0.717) is 44.5 Å². The summed E-state index contributed by atoms with van der Waals surface area (Å²) in [6.07, 6.45) is -0.861. The molecule has 1 amide bonds. The molecule has 364 valence electrons. The minimum absolute atomic E-state index is 0.0966. The number of thiazole rings is 1. The highest BCUT2D eigenvalue weighted by Gasteiger charge is 2.39. The summed E-state index contributed by atoms with van der Waals surface area (Å²) in [4.78, 5) is 17.3. The molecule has 5 N–H and O–H groups in total. The lowest BCUT2D eigenvalue weighted by Gasteiger charge is -2.27. The summed E-state index contributed by atoms with van der Waals surface area (Å²) in [6, 6.07) is 27.4. The number of fused-ring (bicyclic) bond motifs is 1. The number of carbonyl (C=O) groups is 1. The third-order valence-corrected chi connectivity index (χ3v) is 15.2. The van der Waals surface area contributed by atoms with Gasteiger partial charge in [-0.05, 0) is 96.8 Å². The van der Waals surface area contributed by atoms with Crippen molar-refractivity contribution in [1.82, 2.24) is 39.5 Å². The second kappa shape index (κ2) is 21.4. The lowest BCUT2D eigenvalue weighted by molar-refractivity contribution is 0.0519. The number of tetrazole rings is 1. The first-order chi connectivity index (χ1) is 32.9. The van der Waals surface area contributed by atoms with Gasteiger partial charge in [-0.2, -0.15) is 9.10 Å². The number of carbonyl (C=O) groups excluding carboxylic acids is 1. The highest BCUT2D eigenvalue weighted by Crippen LogP contribution is 2.44. The molecule has 0 aliphatic heterocycles. The van der Waals surface area contributed by atoms with E-state index in [1.54, 1.807) is 101 Å². The Morgan fingerprint density at radius 2 is 1.39 bits per heavy atom. The van der Waals surface area contributed by atoms with Gasteiger partial charge in [0.2, 0.25) is 25.9 Å². The quantitative estimate of drug-likeness (QED) is 0.0714. The van der Waals surface area contributed by atoms with Gasteiger partial charge < -0.3 is 35.1 Å². The summed E-state index contributed by atoms with van der Waals surface area (Å²) in [5.74, 6) is 1.48. The number of rotatable bonds is 20. The number of sulfonamides is 2. The average molecular weight is 1000 g/mol. The number of aliphatic hydroxyl groups excluding tert-OH is 1. The molecule has 0 radical (unpaired) electrons. The molecule has 2 heterocycles. The zero-order chi connectivity index (χ0) is 49.5. The molecule has 69 heavy (non-hydrogen) atoms. The van der Waals surface area contributed by atoms with Gasteiger partial charge in [0.05, 0.1) is 56.3 Å². The molecule has 7 aromatic rings. The molecule has 7 rings (SSSR count). The molecule has 2 aromatic heterocycles. The van der Waals surface area contributed by atoms with Crippen molar-refractivity contribution in [3.05, 3.63) is 125 Å². The number of nitrogens with one attached hydrogen (secondary N) is 2. The molecule has 5 aromatic carbocycles. The van der Waals surface area contributed by atoms with Crippen molar-refractivity contribution in [3.63, 3.8) is 0 Å². The zero-order valence-electron chi connectivity index (χ0n) is 38.7. The van der Waals surface area contributed by atoms with E-state index >= 15 is 16.8 Å². The third kappa shape index (κ3) is 12.0. The number of ether oxygens (including phenoxy) is 4. The highest BCUT2D eigenvalue weighted by molar-refractivity contribution is 7.92. The number of methoxy groups -OCH3 is 3. The van der Waals surface area contributed by atoms with Crippen LogP contribution in [-0.2, 0) is 51.0 Å². The number of amides is 1. The van der Waals surface area contributed by atoms with Gasteiger partial charge in [-0.25, -0.2) is 31.3 Å². The molecule has 0 fully saturated rings. The van der Waals surface area contributed by atoms with Crippen LogP contribution in [0.25, 0.3) is 32.7 Å². The maximum absolute atomic E-state index is 16.1. The van der Waals surface area contributed by atoms with Crippen LogP contribution >= 0.6 is 11.3 Å². The molecule has 1 atom stereocenters. The molecular formula is C47H53N9O10S3.